The number of nitrogens with zero attached hydrogens (tertiary/aromatic N) is 2. The number of nitrogens with one attached hydrogen (secondary N) is 1. The van der Waals surface area contributed by atoms with Gasteiger partial charge in [0.15, 0.2) is 0 Å². The molecular weight excluding hydrogens is 510 g/mol. The summed E-state index contributed by atoms with van der Waals surface area (Å²) in [7, 11) is -3.78. The smallest absolute Gasteiger partial charge is 0.244 e. The number of carbonyl (C=O) groups excluding carboxylic acids is 2. The number of carbonyl (C=O) groups is 2. The number of hydrogen-bond acceptors (Lipinski definition) is 4. The van der Waals surface area contributed by atoms with Crippen molar-refractivity contribution < 1.29 is 18.0 Å². The summed E-state index contributed by atoms with van der Waals surface area (Å²) in [5, 5.41) is 3.04. The van der Waals surface area contributed by atoms with Crippen molar-refractivity contribution in [1.82, 2.24) is 10.2 Å². The maximum atomic E-state index is 14.0. The Labute approximate surface area is 232 Å². The Morgan fingerprint density at radius 3 is 1.95 bits per heavy atom. The van der Waals surface area contributed by atoms with Crippen molar-refractivity contribution in [3.8, 4) is 0 Å². The number of aryl methyl sites for hydroxylation is 2. The molecule has 0 spiro atoms. The zero-order valence-corrected chi connectivity index (χ0v) is 24.2. The number of anilines is 1. The third kappa shape index (κ3) is 8.68. The number of amides is 2. The molecule has 8 heteroatoms. The topological polar surface area (TPSA) is 86.8 Å². The summed E-state index contributed by atoms with van der Waals surface area (Å²) < 4.78 is 26.8. The van der Waals surface area contributed by atoms with Gasteiger partial charge < -0.3 is 10.2 Å². The molecule has 0 bridgehead atoms. The van der Waals surface area contributed by atoms with Gasteiger partial charge in [-0.05, 0) is 50.5 Å². The molecule has 0 saturated heterocycles. The first-order chi connectivity index (χ1) is 18.5. The fraction of sp³-hybridized carbons (Fsp3) is 0.355. The normalized spacial score (nSPS) is 12.8. The molecular formula is C31H39N3O4S. The molecule has 0 aliphatic carbocycles. The summed E-state index contributed by atoms with van der Waals surface area (Å²) in [6.07, 6.45) is 2.12. The summed E-state index contributed by atoms with van der Waals surface area (Å²) in [4.78, 5) is 29.2. The van der Waals surface area contributed by atoms with Crippen molar-refractivity contribution in [3.63, 3.8) is 0 Å². The average molecular weight is 550 g/mol. The third-order valence-electron chi connectivity index (χ3n) is 6.75. The van der Waals surface area contributed by atoms with Crippen LogP contribution in [0.3, 0.4) is 0 Å². The van der Waals surface area contributed by atoms with E-state index in [1.165, 1.54) is 4.90 Å². The van der Waals surface area contributed by atoms with Gasteiger partial charge in [0.1, 0.15) is 12.6 Å². The minimum Gasteiger partial charge on any atom is -0.352 e. The van der Waals surface area contributed by atoms with Gasteiger partial charge in [0.05, 0.1) is 11.9 Å². The van der Waals surface area contributed by atoms with Gasteiger partial charge in [-0.3, -0.25) is 13.9 Å². The lowest BCUT2D eigenvalue weighted by Crippen LogP contribution is -2.54. The first kappa shape index (κ1) is 29.9. The second-order valence-corrected chi connectivity index (χ2v) is 12.0. The van der Waals surface area contributed by atoms with Gasteiger partial charge in [-0.15, -0.1) is 0 Å². The Morgan fingerprint density at radius 2 is 1.41 bits per heavy atom. The number of sulfonamides is 1. The lowest BCUT2D eigenvalue weighted by molar-refractivity contribution is -0.140. The van der Waals surface area contributed by atoms with E-state index < -0.39 is 28.5 Å². The van der Waals surface area contributed by atoms with E-state index in [1.54, 1.807) is 24.3 Å². The molecule has 2 atom stereocenters. The standard InChI is InChI=1S/C31H39N3O4S/c1-6-25(4)32-31(36)29(20-26-10-8-7-9-11-26)33(21-27-16-12-23(2)13-17-27)30(35)22-34(39(5,37)38)28-18-14-24(3)15-19-28/h7-19,25,29H,6,20-22H2,1-5H3,(H,32,36)/t25-,29-/m0/s1. The van der Waals surface area contributed by atoms with Crippen LogP contribution in [0.5, 0.6) is 0 Å². The average Bonchev–Trinajstić information content (AvgIpc) is 2.90. The second kappa shape index (κ2) is 13.4. The Morgan fingerprint density at radius 1 is 0.846 bits per heavy atom. The molecule has 1 N–H and O–H groups in total. The van der Waals surface area contributed by atoms with Crippen LogP contribution in [-0.2, 0) is 32.6 Å². The number of benzene rings is 3. The minimum atomic E-state index is -3.78. The van der Waals surface area contributed by atoms with Crippen LogP contribution in [0.15, 0.2) is 78.9 Å². The van der Waals surface area contributed by atoms with Crippen molar-refractivity contribution in [2.24, 2.45) is 0 Å². The van der Waals surface area contributed by atoms with E-state index in [0.29, 0.717) is 12.1 Å². The van der Waals surface area contributed by atoms with Crippen LogP contribution in [0.2, 0.25) is 0 Å². The zero-order valence-electron chi connectivity index (χ0n) is 23.4. The van der Waals surface area contributed by atoms with Gasteiger partial charge in [-0.25, -0.2) is 8.42 Å². The van der Waals surface area contributed by atoms with Gasteiger partial charge in [0.25, 0.3) is 0 Å². The molecule has 0 heterocycles. The van der Waals surface area contributed by atoms with Gasteiger partial charge in [0, 0.05) is 19.0 Å². The zero-order chi connectivity index (χ0) is 28.6. The SMILES string of the molecule is CC[C@H](C)NC(=O)[C@H](Cc1ccccc1)N(Cc1ccc(C)cc1)C(=O)CN(c1ccc(C)cc1)S(C)(=O)=O. The van der Waals surface area contributed by atoms with Crippen molar-refractivity contribution >= 4 is 27.5 Å². The van der Waals surface area contributed by atoms with E-state index in [-0.39, 0.29) is 18.5 Å². The quantitative estimate of drug-likeness (QED) is 0.357. The summed E-state index contributed by atoms with van der Waals surface area (Å²) in [5.74, 6) is -0.725. The lowest BCUT2D eigenvalue weighted by Gasteiger charge is -2.34. The highest BCUT2D eigenvalue weighted by molar-refractivity contribution is 7.92. The van der Waals surface area contributed by atoms with E-state index in [9.17, 15) is 18.0 Å². The molecule has 0 aliphatic rings. The van der Waals surface area contributed by atoms with Gasteiger partial charge in [-0.1, -0.05) is 84.8 Å². The van der Waals surface area contributed by atoms with E-state index >= 15 is 0 Å². The maximum Gasteiger partial charge on any atom is 0.244 e. The predicted octanol–water partition coefficient (Wildman–Crippen LogP) is 4.62. The highest BCUT2D eigenvalue weighted by Crippen LogP contribution is 2.21. The molecule has 2 amide bonds. The predicted molar refractivity (Wildman–Crippen MR) is 157 cm³/mol. The molecule has 0 unspecified atom stereocenters. The van der Waals surface area contributed by atoms with Crippen LogP contribution in [-0.4, -0.2) is 50.0 Å². The molecule has 7 nitrogen and oxygen atoms in total. The van der Waals surface area contributed by atoms with E-state index in [2.05, 4.69) is 5.32 Å². The Balaban J connectivity index is 2.04. The van der Waals surface area contributed by atoms with Gasteiger partial charge in [-0.2, -0.15) is 0 Å². The van der Waals surface area contributed by atoms with Crippen LogP contribution in [0.25, 0.3) is 0 Å². The molecule has 0 aromatic heterocycles. The van der Waals surface area contributed by atoms with Gasteiger partial charge in [0.2, 0.25) is 21.8 Å². The number of rotatable bonds is 12. The van der Waals surface area contributed by atoms with E-state index in [1.807, 2.05) is 82.3 Å². The first-order valence-electron chi connectivity index (χ1n) is 13.2. The Kier molecular flexibility index (Phi) is 10.3. The first-order valence-corrected chi connectivity index (χ1v) is 15.1. The van der Waals surface area contributed by atoms with Gasteiger partial charge >= 0.3 is 0 Å². The fourth-order valence-electron chi connectivity index (χ4n) is 4.21. The summed E-state index contributed by atoms with van der Waals surface area (Å²) >= 11 is 0. The monoisotopic (exact) mass is 549 g/mol. The molecule has 0 radical (unpaired) electrons. The second-order valence-electron chi connectivity index (χ2n) is 10.1. The fourth-order valence-corrected chi connectivity index (χ4v) is 5.06. The Hall–Kier alpha value is -3.65. The van der Waals surface area contributed by atoms with Crippen LogP contribution in [0.1, 0.15) is 42.5 Å². The molecule has 3 aromatic carbocycles. The van der Waals surface area contributed by atoms with Crippen LogP contribution < -0.4 is 9.62 Å². The minimum absolute atomic E-state index is 0.0767. The van der Waals surface area contributed by atoms with Crippen molar-refractivity contribution in [2.75, 3.05) is 17.1 Å². The Bertz CT molecular complexity index is 1340. The van der Waals surface area contributed by atoms with E-state index in [4.69, 9.17) is 0 Å². The largest absolute Gasteiger partial charge is 0.352 e. The highest BCUT2D eigenvalue weighted by atomic mass is 32.2. The van der Waals surface area contributed by atoms with Crippen LogP contribution >= 0.6 is 0 Å². The van der Waals surface area contributed by atoms with Crippen LogP contribution in [0.4, 0.5) is 5.69 Å². The molecule has 39 heavy (non-hydrogen) atoms. The molecule has 208 valence electrons. The molecule has 3 rings (SSSR count). The molecule has 0 saturated carbocycles. The van der Waals surface area contributed by atoms with E-state index in [0.717, 1.165) is 39.2 Å². The molecule has 3 aromatic rings. The van der Waals surface area contributed by atoms with Crippen molar-refractivity contribution in [3.05, 3.63) is 101 Å². The lowest BCUT2D eigenvalue weighted by atomic mass is 10.0. The molecule has 0 fully saturated rings. The maximum absolute atomic E-state index is 14.0. The highest BCUT2D eigenvalue weighted by Gasteiger charge is 2.33. The van der Waals surface area contributed by atoms with Crippen molar-refractivity contribution in [1.29, 1.82) is 0 Å². The summed E-state index contributed by atoms with van der Waals surface area (Å²) in [6, 6.07) is 23.4. The molecule has 0 aliphatic heterocycles. The summed E-state index contributed by atoms with van der Waals surface area (Å²) in [5.41, 5.74) is 4.21. The third-order valence-corrected chi connectivity index (χ3v) is 7.89. The number of hydrogen-bond donors (Lipinski definition) is 1. The summed E-state index contributed by atoms with van der Waals surface area (Å²) in [6.45, 7) is 7.54. The van der Waals surface area contributed by atoms with Crippen molar-refractivity contribution in [2.45, 2.75) is 59.2 Å². The van der Waals surface area contributed by atoms with Crippen LogP contribution in [0, 0.1) is 13.8 Å².